The van der Waals surface area contributed by atoms with Crippen molar-refractivity contribution in [3.05, 3.63) is 46.4 Å². The van der Waals surface area contributed by atoms with Gasteiger partial charge in [-0.05, 0) is 24.3 Å². The molecule has 2 aromatic rings. The Morgan fingerprint density at radius 1 is 0.882 bits per heavy atom. The van der Waals surface area contributed by atoms with E-state index >= 15 is 0 Å². The van der Waals surface area contributed by atoms with E-state index in [1.54, 1.807) is 12.1 Å². The van der Waals surface area contributed by atoms with Crippen molar-refractivity contribution in [2.24, 2.45) is 0 Å². The molecule has 5 heteroatoms. The van der Waals surface area contributed by atoms with Gasteiger partial charge in [-0.25, -0.2) is 0 Å². The molecule has 0 fully saturated rings. The van der Waals surface area contributed by atoms with Gasteiger partial charge in [-0.2, -0.15) is 0 Å². The zero-order valence-electron chi connectivity index (χ0n) is 8.52. The summed E-state index contributed by atoms with van der Waals surface area (Å²) in [5.74, 6) is 0.883. The summed E-state index contributed by atoms with van der Waals surface area (Å²) in [7, 11) is 0. The molecule has 0 aliphatic carbocycles. The first-order valence-electron chi connectivity index (χ1n) is 4.71. The van der Waals surface area contributed by atoms with Crippen molar-refractivity contribution in [3.63, 3.8) is 0 Å². The Morgan fingerprint density at radius 2 is 1.53 bits per heavy atom. The molecule has 0 heterocycles. The average molecular weight is 271 g/mol. The number of benzene rings is 2. The predicted molar refractivity (Wildman–Crippen MR) is 66.3 cm³/mol. The SMILES string of the molecule is Oc1ccc(Oc2cc(Cl)c(O)cc2Cl)cc1. The molecule has 0 saturated carbocycles. The second-order valence-corrected chi connectivity index (χ2v) is 4.14. The molecule has 0 saturated heterocycles. The van der Waals surface area contributed by atoms with E-state index in [1.165, 1.54) is 24.3 Å². The number of hydrogen-bond acceptors (Lipinski definition) is 3. The summed E-state index contributed by atoms with van der Waals surface area (Å²) in [4.78, 5) is 0. The van der Waals surface area contributed by atoms with Gasteiger partial charge in [0.05, 0.1) is 10.0 Å². The van der Waals surface area contributed by atoms with Crippen molar-refractivity contribution < 1.29 is 14.9 Å². The van der Waals surface area contributed by atoms with Crippen molar-refractivity contribution in [1.29, 1.82) is 0 Å². The fourth-order valence-electron chi connectivity index (χ4n) is 1.24. The molecule has 17 heavy (non-hydrogen) atoms. The molecular weight excluding hydrogens is 263 g/mol. The Labute approximate surface area is 108 Å². The highest BCUT2D eigenvalue weighted by Gasteiger charge is 2.08. The molecule has 0 bridgehead atoms. The lowest BCUT2D eigenvalue weighted by Crippen LogP contribution is -1.85. The van der Waals surface area contributed by atoms with Crippen molar-refractivity contribution in [1.82, 2.24) is 0 Å². The minimum Gasteiger partial charge on any atom is -0.508 e. The third-order valence-corrected chi connectivity index (χ3v) is 2.66. The summed E-state index contributed by atoms with van der Waals surface area (Å²) in [5, 5.41) is 18.8. The summed E-state index contributed by atoms with van der Waals surface area (Å²) in [6.45, 7) is 0. The van der Waals surface area contributed by atoms with Gasteiger partial charge in [-0.3, -0.25) is 0 Å². The molecule has 2 rings (SSSR count). The molecule has 0 aliphatic rings. The van der Waals surface area contributed by atoms with E-state index in [2.05, 4.69) is 0 Å². The molecule has 0 unspecified atom stereocenters. The highest BCUT2D eigenvalue weighted by Crippen LogP contribution is 2.37. The molecule has 0 aliphatic heterocycles. The molecule has 0 atom stereocenters. The third kappa shape index (κ3) is 2.75. The first-order valence-corrected chi connectivity index (χ1v) is 5.47. The highest BCUT2D eigenvalue weighted by molar-refractivity contribution is 6.35. The Morgan fingerprint density at radius 3 is 2.18 bits per heavy atom. The highest BCUT2D eigenvalue weighted by atomic mass is 35.5. The smallest absolute Gasteiger partial charge is 0.147 e. The van der Waals surface area contributed by atoms with Crippen molar-refractivity contribution in [2.45, 2.75) is 0 Å². The van der Waals surface area contributed by atoms with E-state index in [1.807, 2.05) is 0 Å². The summed E-state index contributed by atoms with van der Waals surface area (Å²) in [6, 6.07) is 8.89. The molecule has 0 aromatic heterocycles. The summed E-state index contributed by atoms with van der Waals surface area (Å²) < 4.78 is 5.46. The number of ether oxygens (including phenoxy) is 1. The molecule has 0 spiro atoms. The van der Waals surface area contributed by atoms with Gasteiger partial charge < -0.3 is 14.9 Å². The fraction of sp³-hybridized carbons (Fsp3) is 0. The van der Waals surface area contributed by atoms with E-state index in [4.69, 9.17) is 33.0 Å². The van der Waals surface area contributed by atoms with E-state index in [-0.39, 0.29) is 21.5 Å². The van der Waals surface area contributed by atoms with E-state index < -0.39 is 0 Å². The van der Waals surface area contributed by atoms with Gasteiger partial charge >= 0.3 is 0 Å². The van der Waals surface area contributed by atoms with Gasteiger partial charge in [0, 0.05) is 12.1 Å². The monoisotopic (exact) mass is 270 g/mol. The number of halogens is 2. The largest absolute Gasteiger partial charge is 0.508 e. The zero-order valence-corrected chi connectivity index (χ0v) is 10.0. The maximum Gasteiger partial charge on any atom is 0.147 e. The Bertz CT molecular complexity index is 538. The van der Waals surface area contributed by atoms with Gasteiger partial charge in [0.2, 0.25) is 0 Å². The van der Waals surface area contributed by atoms with Crippen LogP contribution in [0.15, 0.2) is 36.4 Å². The normalized spacial score (nSPS) is 10.2. The number of phenols is 2. The van der Waals surface area contributed by atoms with Crippen LogP contribution in [0.3, 0.4) is 0 Å². The lowest BCUT2D eigenvalue weighted by atomic mass is 10.3. The van der Waals surface area contributed by atoms with Crippen LogP contribution >= 0.6 is 23.2 Å². The van der Waals surface area contributed by atoms with Gasteiger partial charge in [-0.1, -0.05) is 23.2 Å². The van der Waals surface area contributed by atoms with E-state index in [9.17, 15) is 5.11 Å². The summed E-state index contributed by atoms with van der Waals surface area (Å²) in [5.41, 5.74) is 0. The first-order chi connectivity index (χ1) is 8.06. The first kappa shape index (κ1) is 11.9. The van der Waals surface area contributed by atoms with Crippen LogP contribution in [-0.2, 0) is 0 Å². The topological polar surface area (TPSA) is 49.7 Å². The van der Waals surface area contributed by atoms with Crippen LogP contribution < -0.4 is 4.74 Å². The number of phenolic OH excluding ortho intramolecular Hbond substituents is 2. The summed E-state index contributed by atoms with van der Waals surface area (Å²) >= 11 is 11.6. The molecule has 88 valence electrons. The van der Waals surface area contributed by atoms with Gasteiger partial charge in [0.15, 0.2) is 0 Å². The Hall–Kier alpha value is -1.58. The molecule has 2 N–H and O–H groups in total. The maximum absolute atomic E-state index is 9.32. The lowest BCUT2D eigenvalue weighted by Gasteiger charge is -2.08. The van der Waals surface area contributed by atoms with Crippen LogP contribution in [-0.4, -0.2) is 10.2 Å². The van der Waals surface area contributed by atoms with Gasteiger partial charge in [0.1, 0.15) is 23.0 Å². The van der Waals surface area contributed by atoms with Crippen LogP contribution in [0.25, 0.3) is 0 Å². The second kappa shape index (κ2) is 4.73. The van der Waals surface area contributed by atoms with Crippen LogP contribution in [0, 0.1) is 0 Å². The predicted octanol–water partition coefficient (Wildman–Crippen LogP) is 4.20. The number of hydrogen-bond donors (Lipinski definition) is 2. The van der Waals surface area contributed by atoms with Crippen molar-refractivity contribution in [2.75, 3.05) is 0 Å². The van der Waals surface area contributed by atoms with E-state index in [0.717, 1.165) is 0 Å². The van der Waals surface area contributed by atoms with Crippen LogP contribution in [0.5, 0.6) is 23.0 Å². The Balaban J connectivity index is 2.30. The third-order valence-electron chi connectivity index (χ3n) is 2.07. The minimum atomic E-state index is -0.102. The van der Waals surface area contributed by atoms with Crippen molar-refractivity contribution in [3.8, 4) is 23.0 Å². The zero-order chi connectivity index (χ0) is 12.4. The van der Waals surface area contributed by atoms with Gasteiger partial charge in [0.25, 0.3) is 0 Å². The van der Waals surface area contributed by atoms with Crippen LogP contribution in [0.2, 0.25) is 10.0 Å². The quantitative estimate of drug-likeness (QED) is 0.860. The standard InChI is InChI=1S/C12H8Cl2O3/c13-9-6-12(10(14)5-11(9)16)17-8-3-1-7(15)2-4-8/h1-6,15-16H. The number of aromatic hydroxyl groups is 2. The average Bonchev–Trinajstić information content (AvgIpc) is 2.29. The van der Waals surface area contributed by atoms with E-state index in [0.29, 0.717) is 11.5 Å². The van der Waals surface area contributed by atoms with Crippen molar-refractivity contribution >= 4 is 23.2 Å². The number of rotatable bonds is 2. The molecule has 2 aromatic carbocycles. The lowest BCUT2D eigenvalue weighted by molar-refractivity contribution is 0.459. The minimum absolute atomic E-state index is 0.102. The summed E-state index contributed by atoms with van der Waals surface area (Å²) in [6.07, 6.45) is 0. The Kier molecular flexibility index (Phi) is 3.31. The molecule has 3 nitrogen and oxygen atoms in total. The molecule has 0 radical (unpaired) electrons. The maximum atomic E-state index is 9.32. The van der Waals surface area contributed by atoms with Gasteiger partial charge in [-0.15, -0.1) is 0 Å². The molecule has 0 amide bonds. The van der Waals surface area contributed by atoms with Crippen LogP contribution in [0.1, 0.15) is 0 Å². The second-order valence-electron chi connectivity index (χ2n) is 3.33. The van der Waals surface area contributed by atoms with Crippen LogP contribution in [0.4, 0.5) is 0 Å². The molecular formula is C12H8Cl2O3. The fourth-order valence-corrected chi connectivity index (χ4v) is 1.59.